The molecule has 3 aromatic rings. The molecule has 2 aromatic carbocycles. The van der Waals surface area contributed by atoms with Crippen LogP contribution in [-0.2, 0) is 6.42 Å². The fraction of sp³-hybridized carbons (Fsp3) is 0.100. The van der Waals surface area contributed by atoms with Gasteiger partial charge >= 0.3 is 5.97 Å². The number of aromatic carboxylic acids is 1. The van der Waals surface area contributed by atoms with Crippen LogP contribution in [0.4, 0.5) is 0 Å². The molecule has 0 unspecified atom stereocenters. The van der Waals surface area contributed by atoms with Gasteiger partial charge in [-0.2, -0.15) is 0 Å². The summed E-state index contributed by atoms with van der Waals surface area (Å²) in [6.07, 6.45) is 3.25. The Balaban J connectivity index is 1.88. The molecule has 25 heavy (non-hydrogen) atoms. The molecule has 1 N–H and O–H groups in total. The number of hydrogen-bond acceptors (Lipinski definition) is 3. The number of benzene rings is 2. The smallest absolute Gasteiger partial charge is 0.335 e. The number of carboxylic acid groups (broad SMARTS) is 1. The van der Waals surface area contributed by atoms with Gasteiger partial charge in [-0.25, -0.2) is 4.79 Å². The van der Waals surface area contributed by atoms with Crippen LogP contribution in [0.15, 0.2) is 51.7 Å². The number of allylic oxidation sites excluding steroid dienone is 1. The van der Waals surface area contributed by atoms with Crippen molar-refractivity contribution in [1.29, 1.82) is 0 Å². The van der Waals surface area contributed by atoms with E-state index in [1.807, 2.05) is 24.3 Å². The minimum Gasteiger partial charge on any atom is -0.478 e. The van der Waals surface area contributed by atoms with Gasteiger partial charge in [-0.3, -0.25) is 4.79 Å². The van der Waals surface area contributed by atoms with Crippen LogP contribution >= 0.6 is 11.6 Å². The molecule has 0 saturated heterocycles. The van der Waals surface area contributed by atoms with Crippen molar-refractivity contribution in [1.82, 2.24) is 0 Å². The Labute approximate surface area is 148 Å². The summed E-state index contributed by atoms with van der Waals surface area (Å²) in [4.78, 5) is 23.9. The predicted molar refractivity (Wildman–Crippen MR) is 97.1 cm³/mol. The molecule has 0 atom stereocenters. The predicted octanol–water partition coefficient (Wildman–Crippen LogP) is 4.63. The van der Waals surface area contributed by atoms with Crippen LogP contribution in [0.5, 0.6) is 0 Å². The first kappa shape index (κ1) is 15.7. The quantitative estimate of drug-likeness (QED) is 0.730. The molecule has 124 valence electrons. The fourth-order valence-electron chi connectivity index (χ4n) is 3.16. The number of carboxylic acids is 1. The number of carbonyl (C=O) groups is 1. The van der Waals surface area contributed by atoms with Crippen LogP contribution in [0.1, 0.15) is 33.7 Å². The third-order valence-electron chi connectivity index (χ3n) is 4.36. The van der Waals surface area contributed by atoms with Gasteiger partial charge in [0.2, 0.25) is 0 Å². The van der Waals surface area contributed by atoms with Crippen molar-refractivity contribution in [3.8, 4) is 0 Å². The topological polar surface area (TPSA) is 67.5 Å². The SMILES string of the molecule is O=C(O)c1ccc2oc3c(c(=O)c2c1)CCC3=Cc1cccc(Cl)c1. The van der Waals surface area contributed by atoms with E-state index in [-0.39, 0.29) is 11.0 Å². The molecule has 1 aromatic heterocycles. The summed E-state index contributed by atoms with van der Waals surface area (Å²) in [7, 11) is 0. The van der Waals surface area contributed by atoms with Crippen molar-refractivity contribution >= 4 is 40.2 Å². The van der Waals surface area contributed by atoms with Crippen LogP contribution in [0.2, 0.25) is 5.02 Å². The van der Waals surface area contributed by atoms with Gasteiger partial charge < -0.3 is 9.52 Å². The summed E-state index contributed by atoms with van der Waals surface area (Å²) in [6.45, 7) is 0. The molecular formula is C20H13ClO4. The minimum atomic E-state index is -1.07. The third kappa shape index (κ3) is 2.75. The molecule has 1 aliphatic carbocycles. The second kappa shape index (κ2) is 5.90. The van der Waals surface area contributed by atoms with Crippen LogP contribution < -0.4 is 5.43 Å². The zero-order valence-electron chi connectivity index (χ0n) is 13.1. The van der Waals surface area contributed by atoms with Gasteiger partial charge in [0.25, 0.3) is 0 Å². The molecular weight excluding hydrogens is 340 g/mol. The Bertz CT molecular complexity index is 1110. The lowest BCUT2D eigenvalue weighted by atomic mass is 10.1. The number of halogens is 1. The Morgan fingerprint density at radius 1 is 1.16 bits per heavy atom. The molecule has 1 aliphatic rings. The average Bonchev–Trinajstić information content (AvgIpc) is 2.98. The van der Waals surface area contributed by atoms with Crippen molar-refractivity contribution < 1.29 is 14.3 Å². The second-order valence-electron chi connectivity index (χ2n) is 5.98. The Hall–Kier alpha value is -2.85. The van der Waals surface area contributed by atoms with Crippen molar-refractivity contribution in [2.75, 3.05) is 0 Å². The minimum absolute atomic E-state index is 0.0763. The van der Waals surface area contributed by atoms with E-state index in [4.69, 9.17) is 21.1 Å². The van der Waals surface area contributed by atoms with Gasteiger partial charge in [-0.05, 0) is 60.4 Å². The van der Waals surface area contributed by atoms with Crippen molar-refractivity contribution in [2.24, 2.45) is 0 Å². The second-order valence-corrected chi connectivity index (χ2v) is 6.42. The van der Waals surface area contributed by atoms with E-state index >= 15 is 0 Å². The molecule has 0 fully saturated rings. The maximum absolute atomic E-state index is 12.7. The highest BCUT2D eigenvalue weighted by atomic mass is 35.5. The molecule has 1 heterocycles. The zero-order valence-corrected chi connectivity index (χ0v) is 13.8. The average molecular weight is 353 g/mol. The Morgan fingerprint density at radius 2 is 2.00 bits per heavy atom. The largest absolute Gasteiger partial charge is 0.478 e. The molecule has 0 spiro atoms. The first-order chi connectivity index (χ1) is 12.0. The zero-order chi connectivity index (χ0) is 17.6. The first-order valence-electron chi connectivity index (χ1n) is 7.82. The lowest BCUT2D eigenvalue weighted by molar-refractivity contribution is 0.0697. The molecule has 0 amide bonds. The summed E-state index contributed by atoms with van der Waals surface area (Å²) in [5, 5.41) is 10.1. The third-order valence-corrected chi connectivity index (χ3v) is 4.59. The maximum Gasteiger partial charge on any atom is 0.335 e. The van der Waals surface area contributed by atoms with E-state index in [1.165, 1.54) is 18.2 Å². The lowest BCUT2D eigenvalue weighted by Gasteiger charge is -2.05. The van der Waals surface area contributed by atoms with Gasteiger partial charge in [0, 0.05) is 10.6 Å². The highest BCUT2D eigenvalue weighted by molar-refractivity contribution is 6.30. The van der Waals surface area contributed by atoms with Crippen molar-refractivity contribution in [2.45, 2.75) is 12.8 Å². The van der Waals surface area contributed by atoms with Crippen LogP contribution in [-0.4, -0.2) is 11.1 Å². The molecule has 0 aliphatic heterocycles. The molecule has 4 rings (SSSR count). The Morgan fingerprint density at radius 3 is 2.76 bits per heavy atom. The van der Waals surface area contributed by atoms with E-state index in [2.05, 4.69) is 0 Å². The summed E-state index contributed by atoms with van der Waals surface area (Å²) >= 11 is 6.02. The standard InChI is InChI=1S/C20H13ClO4/c21-14-3-1-2-11(9-14)8-12-4-6-15-18(22)16-10-13(20(23)24)5-7-17(16)25-19(12)15/h1-3,5,7-10H,4,6H2,(H,23,24). The molecule has 4 nitrogen and oxygen atoms in total. The number of fused-ring (bicyclic) bond motifs is 2. The summed E-state index contributed by atoms with van der Waals surface area (Å²) < 4.78 is 5.94. The summed E-state index contributed by atoms with van der Waals surface area (Å²) in [5.74, 6) is -0.483. The first-order valence-corrected chi connectivity index (χ1v) is 8.20. The van der Waals surface area contributed by atoms with Gasteiger partial charge in [0.15, 0.2) is 5.43 Å². The fourth-order valence-corrected chi connectivity index (χ4v) is 3.36. The Kier molecular flexibility index (Phi) is 3.70. The van der Waals surface area contributed by atoms with E-state index < -0.39 is 5.97 Å². The highest BCUT2D eigenvalue weighted by Gasteiger charge is 2.24. The lowest BCUT2D eigenvalue weighted by Crippen LogP contribution is -2.09. The van der Waals surface area contributed by atoms with Gasteiger partial charge in [-0.1, -0.05) is 23.7 Å². The van der Waals surface area contributed by atoms with Crippen molar-refractivity contribution in [3.05, 3.63) is 80.2 Å². The summed E-state index contributed by atoms with van der Waals surface area (Å²) in [5.41, 5.74) is 2.80. The monoisotopic (exact) mass is 352 g/mol. The highest BCUT2D eigenvalue weighted by Crippen LogP contribution is 2.34. The molecule has 5 heteroatoms. The van der Waals surface area contributed by atoms with E-state index in [0.717, 1.165) is 11.1 Å². The van der Waals surface area contributed by atoms with Gasteiger partial charge in [0.05, 0.1) is 10.9 Å². The maximum atomic E-state index is 12.7. The van der Waals surface area contributed by atoms with E-state index in [1.54, 1.807) is 6.07 Å². The molecule has 0 saturated carbocycles. The summed E-state index contributed by atoms with van der Waals surface area (Å²) in [6, 6.07) is 11.8. The van der Waals surface area contributed by atoms with E-state index in [0.29, 0.717) is 40.2 Å². The molecule has 0 radical (unpaired) electrons. The number of hydrogen-bond donors (Lipinski definition) is 1. The van der Waals surface area contributed by atoms with Crippen LogP contribution in [0.3, 0.4) is 0 Å². The van der Waals surface area contributed by atoms with Crippen LogP contribution in [0, 0.1) is 0 Å². The van der Waals surface area contributed by atoms with Crippen molar-refractivity contribution in [3.63, 3.8) is 0 Å². The van der Waals surface area contributed by atoms with Gasteiger partial charge in [-0.15, -0.1) is 0 Å². The van der Waals surface area contributed by atoms with Gasteiger partial charge in [0.1, 0.15) is 11.3 Å². The van der Waals surface area contributed by atoms with Crippen LogP contribution in [0.25, 0.3) is 22.6 Å². The number of rotatable bonds is 2. The van der Waals surface area contributed by atoms with E-state index in [9.17, 15) is 9.59 Å². The normalized spacial score (nSPS) is 14.8. The molecule has 0 bridgehead atoms.